The SMILES string of the molecule is CC(=O)N1CCC(Oc2ccc(Cc3cc([C@@H]4O[C@H](CO)[C@@H](O)C(O)[C@H]4O)ccc3Cl)cc2)CC1. The molecule has 9 heteroatoms. The third-order valence-electron chi connectivity index (χ3n) is 6.80. The Morgan fingerprint density at radius 3 is 2.37 bits per heavy atom. The predicted octanol–water partition coefficient (Wildman–Crippen LogP) is 1.84. The van der Waals surface area contributed by atoms with E-state index in [0.29, 0.717) is 30.1 Å². The van der Waals surface area contributed by atoms with E-state index in [-0.39, 0.29) is 12.0 Å². The summed E-state index contributed by atoms with van der Waals surface area (Å²) in [7, 11) is 0. The third-order valence-corrected chi connectivity index (χ3v) is 7.17. The van der Waals surface area contributed by atoms with Crippen LogP contribution in [0, 0.1) is 0 Å². The highest BCUT2D eigenvalue weighted by atomic mass is 35.5. The van der Waals surface area contributed by atoms with Crippen molar-refractivity contribution in [2.24, 2.45) is 0 Å². The van der Waals surface area contributed by atoms with Crippen LogP contribution in [0.4, 0.5) is 0 Å². The molecule has 35 heavy (non-hydrogen) atoms. The molecule has 1 unspecified atom stereocenters. The molecule has 0 aliphatic carbocycles. The molecule has 2 aromatic carbocycles. The summed E-state index contributed by atoms with van der Waals surface area (Å²) in [6.45, 7) is 2.53. The maximum Gasteiger partial charge on any atom is 0.219 e. The Kier molecular flexibility index (Phi) is 8.31. The van der Waals surface area contributed by atoms with Gasteiger partial charge in [0.05, 0.1) is 6.61 Å². The molecular formula is C26H32ClNO7. The maximum atomic E-state index is 11.5. The summed E-state index contributed by atoms with van der Waals surface area (Å²) in [5.74, 6) is 0.873. The smallest absolute Gasteiger partial charge is 0.219 e. The quantitative estimate of drug-likeness (QED) is 0.473. The number of hydrogen-bond acceptors (Lipinski definition) is 7. The Bertz CT molecular complexity index is 1010. The van der Waals surface area contributed by atoms with Crippen molar-refractivity contribution in [1.29, 1.82) is 0 Å². The number of nitrogens with zero attached hydrogens (tertiary/aromatic N) is 1. The van der Waals surface area contributed by atoms with Gasteiger partial charge in [0.2, 0.25) is 5.91 Å². The second kappa shape index (κ2) is 11.2. The van der Waals surface area contributed by atoms with Gasteiger partial charge >= 0.3 is 0 Å². The van der Waals surface area contributed by atoms with Gasteiger partial charge in [-0.2, -0.15) is 0 Å². The fraction of sp³-hybridized carbons (Fsp3) is 0.500. The molecule has 0 radical (unpaired) electrons. The molecule has 5 atom stereocenters. The lowest BCUT2D eigenvalue weighted by Crippen LogP contribution is -2.55. The molecule has 0 bridgehead atoms. The lowest BCUT2D eigenvalue weighted by molar-refractivity contribution is -0.231. The van der Waals surface area contributed by atoms with Crippen LogP contribution < -0.4 is 4.74 Å². The van der Waals surface area contributed by atoms with E-state index < -0.39 is 37.1 Å². The van der Waals surface area contributed by atoms with Crippen molar-refractivity contribution in [3.8, 4) is 5.75 Å². The monoisotopic (exact) mass is 505 g/mol. The molecule has 0 saturated carbocycles. The summed E-state index contributed by atoms with van der Waals surface area (Å²) < 4.78 is 11.8. The van der Waals surface area contributed by atoms with Crippen molar-refractivity contribution in [2.75, 3.05) is 19.7 Å². The van der Waals surface area contributed by atoms with Gasteiger partial charge in [0.25, 0.3) is 0 Å². The van der Waals surface area contributed by atoms with Crippen molar-refractivity contribution >= 4 is 17.5 Å². The first-order valence-corrected chi connectivity index (χ1v) is 12.2. The molecular weight excluding hydrogens is 474 g/mol. The number of rotatable bonds is 6. The molecule has 2 saturated heterocycles. The number of aliphatic hydroxyl groups excluding tert-OH is 4. The molecule has 2 aliphatic heterocycles. The second-order valence-corrected chi connectivity index (χ2v) is 9.65. The molecule has 2 heterocycles. The molecule has 4 rings (SSSR count). The minimum Gasteiger partial charge on any atom is -0.490 e. The molecule has 2 aliphatic rings. The number of aliphatic hydroxyl groups is 4. The summed E-state index contributed by atoms with van der Waals surface area (Å²) in [5.41, 5.74) is 2.42. The Morgan fingerprint density at radius 2 is 1.74 bits per heavy atom. The number of amides is 1. The van der Waals surface area contributed by atoms with Crippen LogP contribution in [-0.4, -0.2) is 81.4 Å². The van der Waals surface area contributed by atoms with Crippen molar-refractivity contribution in [1.82, 2.24) is 4.90 Å². The van der Waals surface area contributed by atoms with Crippen LogP contribution >= 0.6 is 11.6 Å². The second-order valence-electron chi connectivity index (χ2n) is 9.24. The van der Waals surface area contributed by atoms with Gasteiger partial charge in [-0.1, -0.05) is 35.9 Å². The molecule has 8 nitrogen and oxygen atoms in total. The van der Waals surface area contributed by atoms with Gasteiger partial charge in [0.15, 0.2) is 0 Å². The summed E-state index contributed by atoms with van der Waals surface area (Å²) in [5, 5.41) is 40.6. The van der Waals surface area contributed by atoms with E-state index in [4.69, 9.17) is 21.1 Å². The minimum absolute atomic E-state index is 0.0844. The van der Waals surface area contributed by atoms with Crippen LogP contribution in [0.15, 0.2) is 42.5 Å². The average molecular weight is 506 g/mol. The van der Waals surface area contributed by atoms with Crippen LogP contribution in [0.25, 0.3) is 0 Å². The number of carbonyl (C=O) groups excluding carboxylic acids is 1. The summed E-state index contributed by atoms with van der Waals surface area (Å²) in [4.78, 5) is 13.3. The Hall–Kier alpha value is -2.20. The number of benzene rings is 2. The van der Waals surface area contributed by atoms with Crippen molar-refractivity contribution in [3.63, 3.8) is 0 Å². The standard InChI is InChI=1S/C26H32ClNO7/c1-15(30)28-10-8-20(9-11-28)34-19-5-2-16(3-6-19)12-18-13-17(4-7-21(18)27)26-25(33)24(32)23(31)22(14-29)35-26/h2-7,13,20,22-26,29,31-33H,8-12,14H2,1H3/t22-,23-,24?,25-,26+/m1/s1. The zero-order chi connectivity index (χ0) is 25.1. The number of hydrogen-bond donors (Lipinski definition) is 4. The van der Waals surface area contributed by atoms with E-state index in [0.717, 1.165) is 29.7 Å². The van der Waals surface area contributed by atoms with Crippen molar-refractivity contribution in [3.05, 3.63) is 64.2 Å². The first kappa shape index (κ1) is 25.9. The number of halogens is 1. The number of carbonyl (C=O) groups is 1. The first-order valence-electron chi connectivity index (χ1n) is 11.9. The minimum atomic E-state index is -1.44. The van der Waals surface area contributed by atoms with Crippen LogP contribution in [0.3, 0.4) is 0 Å². The molecule has 2 fully saturated rings. The molecule has 1 amide bonds. The summed E-state index contributed by atoms with van der Waals surface area (Å²) >= 11 is 6.44. The van der Waals surface area contributed by atoms with Crippen molar-refractivity contribution in [2.45, 2.75) is 62.8 Å². The van der Waals surface area contributed by atoms with Crippen molar-refractivity contribution < 1.29 is 34.7 Å². The Morgan fingerprint density at radius 1 is 1.06 bits per heavy atom. The normalized spacial score (nSPS) is 27.6. The fourth-order valence-corrected chi connectivity index (χ4v) is 4.86. The number of piperidine rings is 1. The van der Waals surface area contributed by atoms with Gasteiger partial charge in [0, 0.05) is 37.9 Å². The zero-order valence-corrected chi connectivity index (χ0v) is 20.3. The van der Waals surface area contributed by atoms with Crippen LogP contribution in [0.2, 0.25) is 5.02 Å². The number of ether oxygens (including phenoxy) is 2. The molecule has 2 aromatic rings. The van der Waals surface area contributed by atoms with Gasteiger partial charge in [0.1, 0.15) is 42.4 Å². The molecule has 0 aromatic heterocycles. The van der Waals surface area contributed by atoms with E-state index in [1.165, 1.54) is 0 Å². The van der Waals surface area contributed by atoms with E-state index >= 15 is 0 Å². The third kappa shape index (κ3) is 5.97. The number of likely N-dealkylation sites (tertiary alicyclic amines) is 1. The van der Waals surface area contributed by atoms with E-state index in [1.54, 1.807) is 19.1 Å². The molecule has 4 N–H and O–H groups in total. The summed E-state index contributed by atoms with van der Waals surface area (Å²) in [6.07, 6.45) is -3.84. The lowest BCUT2D eigenvalue weighted by atomic mass is 9.90. The lowest BCUT2D eigenvalue weighted by Gasteiger charge is -2.40. The Balaban J connectivity index is 1.41. The first-order chi connectivity index (χ1) is 16.8. The predicted molar refractivity (Wildman–Crippen MR) is 129 cm³/mol. The largest absolute Gasteiger partial charge is 0.490 e. The molecule has 0 spiro atoms. The topological polar surface area (TPSA) is 120 Å². The van der Waals surface area contributed by atoms with E-state index in [2.05, 4.69) is 0 Å². The van der Waals surface area contributed by atoms with Crippen LogP contribution in [0.1, 0.15) is 42.6 Å². The Labute approximate surface area is 209 Å². The maximum absolute atomic E-state index is 11.5. The van der Waals surface area contributed by atoms with Gasteiger partial charge in [-0.05, 0) is 41.3 Å². The van der Waals surface area contributed by atoms with Gasteiger partial charge in [-0.3, -0.25) is 4.79 Å². The van der Waals surface area contributed by atoms with E-state index in [9.17, 15) is 25.2 Å². The van der Waals surface area contributed by atoms with E-state index in [1.807, 2.05) is 35.2 Å². The van der Waals surface area contributed by atoms with Gasteiger partial charge in [-0.25, -0.2) is 0 Å². The van der Waals surface area contributed by atoms with Gasteiger partial charge < -0.3 is 34.8 Å². The highest BCUT2D eigenvalue weighted by Crippen LogP contribution is 2.34. The van der Waals surface area contributed by atoms with Gasteiger partial charge in [-0.15, -0.1) is 0 Å². The highest BCUT2D eigenvalue weighted by molar-refractivity contribution is 6.31. The average Bonchev–Trinajstić information content (AvgIpc) is 2.86. The van der Waals surface area contributed by atoms with Crippen LogP contribution in [-0.2, 0) is 16.0 Å². The summed E-state index contributed by atoms with van der Waals surface area (Å²) in [6, 6.07) is 13.0. The highest BCUT2D eigenvalue weighted by Gasteiger charge is 2.44. The zero-order valence-electron chi connectivity index (χ0n) is 19.6. The fourth-order valence-electron chi connectivity index (χ4n) is 4.67. The van der Waals surface area contributed by atoms with Crippen LogP contribution in [0.5, 0.6) is 5.75 Å². The molecule has 190 valence electrons.